The van der Waals surface area contributed by atoms with Crippen LogP contribution in [0.15, 0.2) is 54.6 Å². The molecule has 10 heteroatoms. The SMILES string of the molecule is CCOC(=O)c1sc(NC(=O)c2ccc(CP(=O)(OC(C)C)OC(C)C)cc2)nc1-c1ccccc1. The number of rotatable bonds is 11. The van der Waals surface area contributed by atoms with E-state index < -0.39 is 13.6 Å². The first-order valence-corrected chi connectivity index (χ1v) is 14.2. The van der Waals surface area contributed by atoms with Gasteiger partial charge in [0.2, 0.25) is 0 Å². The molecule has 3 aromatic rings. The van der Waals surface area contributed by atoms with E-state index in [1.807, 2.05) is 30.3 Å². The van der Waals surface area contributed by atoms with Crippen molar-refractivity contribution in [1.82, 2.24) is 4.98 Å². The van der Waals surface area contributed by atoms with Gasteiger partial charge in [0.15, 0.2) is 5.13 Å². The molecular weight excluding hydrogens is 499 g/mol. The molecule has 0 unspecified atom stereocenters. The summed E-state index contributed by atoms with van der Waals surface area (Å²) in [7, 11) is -3.35. The molecule has 0 atom stereocenters. The van der Waals surface area contributed by atoms with Crippen LogP contribution in [0.5, 0.6) is 0 Å². The van der Waals surface area contributed by atoms with Gasteiger partial charge in [-0.3, -0.25) is 14.7 Å². The van der Waals surface area contributed by atoms with E-state index in [4.69, 9.17) is 13.8 Å². The summed E-state index contributed by atoms with van der Waals surface area (Å²) in [6, 6.07) is 16.0. The zero-order chi connectivity index (χ0) is 26.3. The Bertz CT molecular complexity index is 1210. The van der Waals surface area contributed by atoms with E-state index in [9.17, 15) is 14.2 Å². The van der Waals surface area contributed by atoms with Crippen LogP contribution in [-0.4, -0.2) is 35.7 Å². The fourth-order valence-electron chi connectivity index (χ4n) is 3.40. The first-order valence-electron chi connectivity index (χ1n) is 11.7. The highest BCUT2D eigenvalue weighted by atomic mass is 32.1. The van der Waals surface area contributed by atoms with Crippen LogP contribution in [0.1, 0.15) is 60.2 Å². The van der Waals surface area contributed by atoms with Gasteiger partial charge in [0.1, 0.15) is 4.88 Å². The van der Waals surface area contributed by atoms with Crippen LogP contribution >= 0.6 is 18.9 Å². The molecule has 3 rings (SSSR count). The molecule has 0 saturated carbocycles. The summed E-state index contributed by atoms with van der Waals surface area (Å²) in [6.07, 6.45) is -0.405. The first-order chi connectivity index (χ1) is 17.1. The van der Waals surface area contributed by atoms with Crippen molar-refractivity contribution in [2.75, 3.05) is 11.9 Å². The van der Waals surface area contributed by atoms with Gasteiger partial charge in [-0.1, -0.05) is 53.8 Å². The van der Waals surface area contributed by atoms with Gasteiger partial charge in [-0.2, -0.15) is 0 Å². The molecule has 0 aliphatic rings. The second-order valence-corrected chi connectivity index (χ2v) is 11.5. The third-order valence-corrected chi connectivity index (χ3v) is 7.88. The molecule has 2 aromatic carbocycles. The van der Waals surface area contributed by atoms with Crippen LogP contribution in [-0.2, 0) is 24.5 Å². The Morgan fingerprint density at radius 1 is 0.972 bits per heavy atom. The number of thiazole rings is 1. The highest BCUT2D eigenvalue weighted by molar-refractivity contribution is 7.53. The normalized spacial score (nSPS) is 11.6. The van der Waals surface area contributed by atoms with Crippen LogP contribution < -0.4 is 5.32 Å². The summed E-state index contributed by atoms with van der Waals surface area (Å²) in [5.74, 6) is -0.874. The van der Waals surface area contributed by atoms with Gasteiger partial charge in [-0.15, -0.1) is 0 Å². The van der Waals surface area contributed by atoms with Gasteiger partial charge in [0.25, 0.3) is 5.91 Å². The molecule has 8 nitrogen and oxygen atoms in total. The Morgan fingerprint density at radius 2 is 1.58 bits per heavy atom. The van der Waals surface area contributed by atoms with Gasteiger partial charge in [0.05, 0.1) is 30.7 Å². The number of carbonyl (C=O) groups is 2. The van der Waals surface area contributed by atoms with Crippen molar-refractivity contribution in [3.63, 3.8) is 0 Å². The molecule has 192 valence electrons. The number of nitrogens with zero attached hydrogens (tertiary/aromatic N) is 1. The molecule has 1 heterocycles. The molecule has 0 aliphatic heterocycles. The standard InChI is InChI=1S/C26H31N2O6PS/c1-6-32-25(30)23-22(20-10-8-7-9-11-20)27-26(36-23)28-24(29)21-14-12-19(13-15-21)16-35(31,33-17(2)3)34-18(4)5/h7-15,17-18H,6,16H2,1-5H3,(H,27,28,29). The quantitative estimate of drug-likeness (QED) is 0.215. The van der Waals surface area contributed by atoms with Crippen molar-refractivity contribution in [3.05, 3.63) is 70.6 Å². The third-order valence-electron chi connectivity index (χ3n) is 4.69. The summed E-state index contributed by atoms with van der Waals surface area (Å²) in [5.41, 5.74) is 2.31. The molecule has 36 heavy (non-hydrogen) atoms. The first kappa shape index (κ1) is 27.7. The lowest BCUT2D eigenvalue weighted by atomic mass is 10.1. The predicted octanol–water partition coefficient (Wildman–Crippen LogP) is 6.78. The summed E-state index contributed by atoms with van der Waals surface area (Å²) in [5, 5.41) is 3.05. The molecule has 0 radical (unpaired) electrons. The second kappa shape index (κ2) is 12.4. The average Bonchev–Trinajstić information content (AvgIpc) is 3.23. The molecule has 1 amide bonds. The van der Waals surface area contributed by atoms with Crippen molar-refractivity contribution in [3.8, 4) is 11.3 Å². The number of anilines is 1. The Labute approximate surface area is 215 Å². The van der Waals surface area contributed by atoms with Crippen molar-refractivity contribution in [2.24, 2.45) is 0 Å². The monoisotopic (exact) mass is 530 g/mol. The number of aromatic nitrogens is 1. The number of ether oxygens (including phenoxy) is 1. The highest BCUT2D eigenvalue weighted by Crippen LogP contribution is 2.53. The lowest BCUT2D eigenvalue weighted by molar-refractivity contribution is 0.0532. The second-order valence-electron chi connectivity index (χ2n) is 8.51. The number of carbonyl (C=O) groups excluding carboxylic acids is 2. The smallest absolute Gasteiger partial charge is 0.350 e. The van der Waals surface area contributed by atoms with Crippen molar-refractivity contribution in [2.45, 2.75) is 53.0 Å². The van der Waals surface area contributed by atoms with E-state index in [0.717, 1.165) is 22.5 Å². The minimum Gasteiger partial charge on any atom is -0.462 e. The maximum Gasteiger partial charge on any atom is 0.350 e. The predicted molar refractivity (Wildman–Crippen MR) is 142 cm³/mol. The number of hydrogen-bond acceptors (Lipinski definition) is 8. The topological polar surface area (TPSA) is 104 Å². The summed E-state index contributed by atoms with van der Waals surface area (Å²) >= 11 is 1.06. The maximum absolute atomic E-state index is 13.1. The molecular formula is C26H31N2O6PS. The van der Waals surface area contributed by atoms with E-state index in [0.29, 0.717) is 16.1 Å². The van der Waals surface area contributed by atoms with E-state index >= 15 is 0 Å². The highest BCUT2D eigenvalue weighted by Gasteiger charge is 2.28. The van der Waals surface area contributed by atoms with Gasteiger partial charge < -0.3 is 13.8 Å². The van der Waals surface area contributed by atoms with Crippen LogP contribution in [0.4, 0.5) is 5.13 Å². The molecule has 0 aliphatic carbocycles. The lowest BCUT2D eigenvalue weighted by Gasteiger charge is -2.22. The summed E-state index contributed by atoms with van der Waals surface area (Å²) < 4.78 is 29.5. The zero-order valence-corrected chi connectivity index (χ0v) is 22.7. The van der Waals surface area contributed by atoms with Gasteiger partial charge >= 0.3 is 13.6 Å². The van der Waals surface area contributed by atoms with Crippen molar-refractivity contribution >= 4 is 35.9 Å². The summed E-state index contributed by atoms with van der Waals surface area (Å²) in [6.45, 7) is 9.18. The fourth-order valence-corrected chi connectivity index (χ4v) is 6.41. The molecule has 0 fully saturated rings. The van der Waals surface area contributed by atoms with E-state index in [1.165, 1.54) is 0 Å². The molecule has 0 saturated heterocycles. The Hall–Kier alpha value is -2.84. The zero-order valence-electron chi connectivity index (χ0n) is 21.0. The molecule has 0 bridgehead atoms. The number of nitrogens with one attached hydrogen (secondary N) is 1. The van der Waals surface area contributed by atoms with Gasteiger partial charge in [-0.05, 0) is 52.3 Å². The van der Waals surface area contributed by atoms with E-state index in [-0.39, 0.29) is 36.0 Å². The largest absolute Gasteiger partial charge is 0.462 e. The number of amides is 1. The molecule has 0 spiro atoms. The summed E-state index contributed by atoms with van der Waals surface area (Å²) in [4.78, 5) is 30.2. The number of hydrogen-bond donors (Lipinski definition) is 1. The number of benzene rings is 2. The van der Waals surface area contributed by atoms with E-state index in [1.54, 1.807) is 58.9 Å². The average molecular weight is 531 g/mol. The van der Waals surface area contributed by atoms with Crippen molar-refractivity contribution in [1.29, 1.82) is 0 Å². The Morgan fingerprint density at radius 3 is 2.14 bits per heavy atom. The lowest BCUT2D eigenvalue weighted by Crippen LogP contribution is -2.12. The van der Waals surface area contributed by atoms with E-state index in [2.05, 4.69) is 10.3 Å². The van der Waals surface area contributed by atoms with Gasteiger partial charge in [0, 0.05) is 11.1 Å². The minimum atomic E-state index is -3.35. The van der Waals surface area contributed by atoms with Gasteiger partial charge in [-0.25, -0.2) is 9.78 Å². The van der Waals surface area contributed by atoms with Crippen LogP contribution in [0.2, 0.25) is 0 Å². The number of esters is 1. The maximum atomic E-state index is 13.1. The third kappa shape index (κ3) is 7.58. The molecule has 1 N–H and O–H groups in total. The fraction of sp³-hybridized carbons (Fsp3) is 0.346. The van der Waals surface area contributed by atoms with Crippen LogP contribution in [0.3, 0.4) is 0 Å². The Kier molecular flexibility index (Phi) is 9.56. The molecule has 1 aromatic heterocycles. The van der Waals surface area contributed by atoms with Crippen LogP contribution in [0.25, 0.3) is 11.3 Å². The van der Waals surface area contributed by atoms with Crippen molar-refractivity contribution < 1.29 is 27.9 Å². The van der Waals surface area contributed by atoms with Crippen LogP contribution in [0, 0.1) is 0 Å². The Balaban J connectivity index is 1.77. The minimum absolute atomic E-state index is 0.0983.